The number of aromatic nitrogens is 2. The molecule has 0 bridgehead atoms. The highest BCUT2D eigenvalue weighted by Gasteiger charge is 2.15. The van der Waals surface area contributed by atoms with Gasteiger partial charge in [-0.25, -0.2) is 4.98 Å². The van der Waals surface area contributed by atoms with Crippen LogP contribution in [0, 0.1) is 0 Å². The summed E-state index contributed by atoms with van der Waals surface area (Å²) in [7, 11) is 0. The molecule has 0 fully saturated rings. The van der Waals surface area contributed by atoms with Crippen molar-refractivity contribution in [2.24, 2.45) is 5.73 Å². The van der Waals surface area contributed by atoms with Gasteiger partial charge in [0.15, 0.2) is 5.78 Å². The zero-order valence-electron chi connectivity index (χ0n) is 12.4. The SMILES string of the molecule is Cl.N[C@@H](Cc1cnc[nH]1)C(=O)CSc1ccc2ccccc2c1. The van der Waals surface area contributed by atoms with E-state index in [1.807, 2.05) is 18.2 Å². The first-order chi connectivity index (χ1) is 10.7. The third kappa shape index (κ3) is 4.58. The van der Waals surface area contributed by atoms with E-state index in [0.717, 1.165) is 10.6 Å². The molecule has 4 nitrogen and oxygen atoms in total. The Hall–Kier alpha value is -1.82. The molecule has 23 heavy (non-hydrogen) atoms. The second-order valence-electron chi connectivity index (χ2n) is 5.15. The number of imidazole rings is 1. The summed E-state index contributed by atoms with van der Waals surface area (Å²) in [4.78, 5) is 20.1. The molecule has 120 valence electrons. The molecule has 0 saturated heterocycles. The van der Waals surface area contributed by atoms with Crippen LogP contribution >= 0.6 is 24.2 Å². The van der Waals surface area contributed by atoms with Crippen LogP contribution < -0.4 is 5.73 Å². The lowest BCUT2D eigenvalue weighted by Gasteiger charge is -2.09. The van der Waals surface area contributed by atoms with Crippen LogP contribution in [0.25, 0.3) is 10.8 Å². The molecular formula is C17H18ClN3OS. The Morgan fingerprint density at radius 3 is 2.74 bits per heavy atom. The zero-order chi connectivity index (χ0) is 15.4. The van der Waals surface area contributed by atoms with E-state index in [9.17, 15) is 4.79 Å². The lowest BCUT2D eigenvalue weighted by Crippen LogP contribution is -2.34. The van der Waals surface area contributed by atoms with Crippen LogP contribution in [-0.2, 0) is 11.2 Å². The van der Waals surface area contributed by atoms with E-state index < -0.39 is 6.04 Å². The summed E-state index contributed by atoms with van der Waals surface area (Å²) in [5.74, 6) is 0.431. The Labute approximate surface area is 145 Å². The van der Waals surface area contributed by atoms with E-state index in [2.05, 4.69) is 34.2 Å². The van der Waals surface area contributed by atoms with Gasteiger partial charge in [0.05, 0.1) is 18.1 Å². The van der Waals surface area contributed by atoms with Crippen LogP contribution in [-0.4, -0.2) is 27.5 Å². The molecule has 0 aliphatic heterocycles. The predicted octanol–water partition coefficient (Wildman–Crippen LogP) is 3.22. The standard InChI is InChI=1S/C17H17N3OS.ClH/c18-16(8-14-9-19-11-20-14)17(21)10-22-15-6-5-12-3-1-2-4-13(12)7-15;/h1-7,9,11,16H,8,10,18H2,(H,19,20);1H/t16-;/m0./s1. The fourth-order valence-electron chi connectivity index (χ4n) is 2.27. The van der Waals surface area contributed by atoms with Crippen molar-refractivity contribution in [2.75, 3.05) is 5.75 Å². The molecule has 3 rings (SSSR count). The maximum Gasteiger partial charge on any atom is 0.160 e. The zero-order valence-corrected chi connectivity index (χ0v) is 14.1. The number of carbonyl (C=O) groups is 1. The Morgan fingerprint density at radius 1 is 1.22 bits per heavy atom. The minimum absolute atomic E-state index is 0. The molecule has 1 atom stereocenters. The fraction of sp³-hybridized carbons (Fsp3) is 0.176. The maximum absolute atomic E-state index is 12.1. The first-order valence-electron chi connectivity index (χ1n) is 7.09. The number of fused-ring (bicyclic) bond motifs is 1. The quantitative estimate of drug-likeness (QED) is 0.671. The number of nitrogens with one attached hydrogen (secondary N) is 1. The summed E-state index contributed by atoms with van der Waals surface area (Å²) >= 11 is 1.53. The molecule has 0 radical (unpaired) electrons. The number of nitrogens with zero attached hydrogens (tertiary/aromatic N) is 1. The van der Waals surface area contributed by atoms with Crippen molar-refractivity contribution in [3.05, 3.63) is 60.7 Å². The van der Waals surface area contributed by atoms with Crippen LogP contribution in [0.1, 0.15) is 5.69 Å². The molecule has 0 saturated carbocycles. The lowest BCUT2D eigenvalue weighted by atomic mass is 10.1. The van der Waals surface area contributed by atoms with Gasteiger partial charge in [0.25, 0.3) is 0 Å². The Balaban J connectivity index is 0.00000192. The number of ketones is 1. The van der Waals surface area contributed by atoms with Crippen LogP contribution in [0.5, 0.6) is 0 Å². The average molecular weight is 348 g/mol. The van der Waals surface area contributed by atoms with Crippen molar-refractivity contribution in [3.63, 3.8) is 0 Å². The van der Waals surface area contributed by atoms with Crippen LogP contribution in [0.3, 0.4) is 0 Å². The maximum atomic E-state index is 12.1. The van der Waals surface area contributed by atoms with Crippen molar-refractivity contribution in [3.8, 4) is 0 Å². The smallest absolute Gasteiger partial charge is 0.160 e. The third-order valence-corrected chi connectivity index (χ3v) is 4.53. The number of rotatable bonds is 6. The molecule has 6 heteroatoms. The molecule has 0 aliphatic rings. The number of hydrogen-bond donors (Lipinski definition) is 2. The third-order valence-electron chi connectivity index (χ3n) is 3.51. The number of Topliss-reactive ketones (excluding diaryl/α,β-unsaturated/α-hetero) is 1. The average Bonchev–Trinajstić information content (AvgIpc) is 3.05. The molecule has 2 aromatic carbocycles. The summed E-state index contributed by atoms with van der Waals surface area (Å²) < 4.78 is 0. The Kier molecular flexibility index (Phi) is 6.21. The van der Waals surface area contributed by atoms with Gasteiger partial charge in [-0.2, -0.15) is 0 Å². The largest absolute Gasteiger partial charge is 0.348 e. The van der Waals surface area contributed by atoms with Crippen molar-refractivity contribution < 1.29 is 4.79 Å². The van der Waals surface area contributed by atoms with Gasteiger partial charge in [-0.3, -0.25) is 4.79 Å². The summed E-state index contributed by atoms with van der Waals surface area (Å²) in [5, 5.41) is 2.39. The van der Waals surface area contributed by atoms with Crippen molar-refractivity contribution in [2.45, 2.75) is 17.4 Å². The fourth-order valence-corrected chi connectivity index (χ4v) is 3.16. The minimum Gasteiger partial charge on any atom is -0.348 e. The van der Waals surface area contributed by atoms with Gasteiger partial charge in [0.1, 0.15) is 0 Å². The van der Waals surface area contributed by atoms with E-state index in [0.29, 0.717) is 12.2 Å². The number of benzene rings is 2. The van der Waals surface area contributed by atoms with E-state index >= 15 is 0 Å². The minimum atomic E-state index is -0.492. The van der Waals surface area contributed by atoms with Crippen molar-refractivity contribution >= 4 is 40.7 Å². The highest BCUT2D eigenvalue weighted by Crippen LogP contribution is 2.23. The van der Waals surface area contributed by atoms with Crippen LogP contribution in [0.2, 0.25) is 0 Å². The topological polar surface area (TPSA) is 71.8 Å². The molecule has 1 aromatic heterocycles. The van der Waals surface area contributed by atoms with Gasteiger partial charge in [0.2, 0.25) is 0 Å². The summed E-state index contributed by atoms with van der Waals surface area (Å²) in [6.45, 7) is 0. The molecule has 0 unspecified atom stereocenters. The Bertz CT molecular complexity index is 776. The number of hydrogen-bond acceptors (Lipinski definition) is 4. The predicted molar refractivity (Wildman–Crippen MR) is 97.2 cm³/mol. The highest BCUT2D eigenvalue weighted by atomic mass is 35.5. The molecule has 3 N–H and O–H groups in total. The van der Waals surface area contributed by atoms with E-state index in [1.165, 1.54) is 22.5 Å². The van der Waals surface area contributed by atoms with Gasteiger partial charge in [-0.05, 0) is 22.9 Å². The summed E-state index contributed by atoms with van der Waals surface area (Å²) in [6, 6.07) is 13.9. The van der Waals surface area contributed by atoms with E-state index in [4.69, 9.17) is 5.73 Å². The lowest BCUT2D eigenvalue weighted by molar-refractivity contribution is -0.117. The molecule has 0 amide bonds. The number of thioether (sulfide) groups is 1. The highest BCUT2D eigenvalue weighted by molar-refractivity contribution is 8.00. The van der Waals surface area contributed by atoms with Gasteiger partial charge >= 0.3 is 0 Å². The normalized spacial score (nSPS) is 11.9. The van der Waals surface area contributed by atoms with Gasteiger partial charge in [-0.1, -0.05) is 30.3 Å². The number of halogens is 1. The first kappa shape index (κ1) is 17.5. The second kappa shape index (κ2) is 8.15. The van der Waals surface area contributed by atoms with Gasteiger partial charge in [-0.15, -0.1) is 24.2 Å². The molecule has 1 heterocycles. The summed E-state index contributed by atoms with van der Waals surface area (Å²) in [6.07, 6.45) is 3.79. The molecular weight excluding hydrogens is 330 g/mol. The van der Waals surface area contributed by atoms with Gasteiger partial charge < -0.3 is 10.7 Å². The second-order valence-corrected chi connectivity index (χ2v) is 6.20. The molecule has 0 spiro atoms. The monoisotopic (exact) mass is 347 g/mol. The van der Waals surface area contributed by atoms with Crippen LogP contribution in [0.4, 0.5) is 0 Å². The van der Waals surface area contributed by atoms with E-state index in [-0.39, 0.29) is 18.2 Å². The summed E-state index contributed by atoms with van der Waals surface area (Å²) in [5.41, 5.74) is 6.84. The van der Waals surface area contributed by atoms with Crippen LogP contribution in [0.15, 0.2) is 59.9 Å². The van der Waals surface area contributed by atoms with Crippen molar-refractivity contribution in [1.29, 1.82) is 0 Å². The number of carbonyl (C=O) groups excluding carboxylic acids is 1. The number of H-pyrrole nitrogens is 1. The molecule has 0 aliphatic carbocycles. The van der Waals surface area contributed by atoms with E-state index in [1.54, 1.807) is 12.5 Å². The number of aromatic amines is 1. The Morgan fingerprint density at radius 2 is 2.00 bits per heavy atom. The number of nitrogens with two attached hydrogens (primary N) is 1. The van der Waals surface area contributed by atoms with Gasteiger partial charge in [0, 0.05) is 23.2 Å². The first-order valence-corrected chi connectivity index (χ1v) is 8.08. The molecule has 3 aromatic rings. The van der Waals surface area contributed by atoms with Crippen molar-refractivity contribution in [1.82, 2.24) is 9.97 Å².